The SMILES string of the molecule is CC(C)(C)OC(=O)[C@@H](COCc1ccccc1)C(=O)C(N)=[N+]=[N-]. The summed E-state index contributed by atoms with van der Waals surface area (Å²) in [5.74, 6) is -3.56. The first-order valence-corrected chi connectivity index (χ1v) is 7.11. The number of esters is 1. The van der Waals surface area contributed by atoms with E-state index < -0.39 is 29.1 Å². The molecule has 1 atom stereocenters. The Hall–Kier alpha value is -2.50. The van der Waals surface area contributed by atoms with Gasteiger partial charge in [0.2, 0.25) is 0 Å². The van der Waals surface area contributed by atoms with E-state index in [-0.39, 0.29) is 13.2 Å². The average molecular weight is 319 g/mol. The fourth-order valence-corrected chi connectivity index (χ4v) is 1.72. The highest BCUT2D eigenvalue weighted by Crippen LogP contribution is 2.13. The predicted molar refractivity (Wildman–Crippen MR) is 83.3 cm³/mol. The summed E-state index contributed by atoms with van der Waals surface area (Å²) >= 11 is 0. The van der Waals surface area contributed by atoms with Crippen LogP contribution in [-0.2, 0) is 25.7 Å². The van der Waals surface area contributed by atoms with Gasteiger partial charge in [0.05, 0.1) is 13.2 Å². The van der Waals surface area contributed by atoms with Crippen molar-refractivity contribution in [3.8, 4) is 0 Å². The molecular weight excluding hydrogens is 298 g/mol. The van der Waals surface area contributed by atoms with Crippen LogP contribution in [-0.4, -0.2) is 34.6 Å². The van der Waals surface area contributed by atoms with Gasteiger partial charge < -0.3 is 19.8 Å². The summed E-state index contributed by atoms with van der Waals surface area (Å²) in [6.07, 6.45) is 0. The van der Waals surface area contributed by atoms with Crippen LogP contribution in [0.2, 0.25) is 0 Å². The maximum atomic E-state index is 12.1. The van der Waals surface area contributed by atoms with Crippen molar-refractivity contribution in [1.82, 2.24) is 0 Å². The summed E-state index contributed by atoms with van der Waals surface area (Å²) in [5.41, 5.74) is 14.0. The zero-order chi connectivity index (χ0) is 17.5. The highest BCUT2D eigenvalue weighted by molar-refractivity contribution is 6.39. The van der Waals surface area contributed by atoms with Gasteiger partial charge in [-0.15, -0.1) is 0 Å². The number of benzene rings is 1. The van der Waals surface area contributed by atoms with E-state index in [1.165, 1.54) is 0 Å². The number of nitrogens with two attached hydrogens (primary N) is 1. The lowest BCUT2D eigenvalue weighted by atomic mass is 10.0. The number of amidine groups is 1. The molecule has 0 aliphatic heterocycles. The van der Waals surface area contributed by atoms with E-state index in [2.05, 4.69) is 4.79 Å². The molecule has 0 saturated carbocycles. The first-order chi connectivity index (χ1) is 10.7. The monoisotopic (exact) mass is 319 g/mol. The average Bonchev–Trinajstić information content (AvgIpc) is 2.49. The van der Waals surface area contributed by atoms with Crippen LogP contribution in [0.4, 0.5) is 0 Å². The van der Waals surface area contributed by atoms with E-state index in [0.717, 1.165) is 5.56 Å². The Balaban J connectivity index is 2.77. The number of carbonyl (C=O) groups is 2. The number of ether oxygens (including phenoxy) is 2. The summed E-state index contributed by atoms with van der Waals surface area (Å²) in [6.45, 7) is 5.05. The van der Waals surface area contributed by atoms with E-state index in [9.17, 15) is 9.59 Å². The second-order valence-electron chi connectivity index (χ2n) is 5.94. The van der Waals surface area contributed by atoms with Crippen molar-refractivity contribution in [2.24, 2.45) is 11.7 Å². The van der Waals surface area contributed by atoms with E-state index in [4.69, 9.17) is 20.7 Å². The van der Waals surface area contributed by atoms with Crippen molar-refractivity contribution in [2.45, 2.75) is 33.0 Å². The van der Waals surface area contributed by atoms with Gasteiger partial charge in [0, 0.05) is 0 Å². The van der Waals surface area contributed by atoms with Crippen LogP contribution in [0, 0.1) is 5.92 Å². The van der Waals surface area contributed by atoms with E-state index in [0.29, 0.717) is 0 Å². The van der Waals surface area contributed by atoms with Gasteiger partial charge in [-0.3, -0.25) is 15.3 Å². The summed E-state index contributed by atoms with van der Waals surface area (Å²) in [7, 11) is 0. The molecule has 0 fully saturated rings. The highest BCUT2D eigenvalue weighted by atomic mass is 16.6. The molecule has 0 aliphatic rings. The van der Waals surface area contributed by atoms with Crippen molar-refractivity contribution in [3.63, 3.8) is 0 Å². The minimum atomic E-state index is -1.28. The lowest BCUT2D eigenvalue weighted by Gasteiger charge is -2.22. The minimum Gasteiger partial charge on any atom is -0.497 e. The molecule has 0 unspecified atom stereocenters. The van der Waals surface area contributed by atoms with E-state index >= 15 is 0 Å². The maximum absolute atomic E-state index is 12.1. The van der Waals surface area contributed by atoms with Crippen molar-refractivity contribution in [3.05, 3.63) is 41.4 Å². The number of hydrogen-bond acceptors (Lipinski definition) is 4. The van der Waals surface area contributed by atoms with Crippen molar-refractivity contribution in [1.29, 1.82) is 0 Å². The quantitative estimate of drug-likeness (QED) is 0.203. The van der Waals surface area contributed by atoms with Gasteiger partial charge in [-0.2, -0.15) is 0 Å². The Kier molecular flexibility index (Phi) is 6.63. The summed E-state index contributed by atoms with van der Waals surface area (Å²) in [6, 6.07) is 9.29. The fourth-order valence-electron chi connectivity index (χ4n) is 1.72. The van der Waals surface area contributed by atoms with Crippen LogP contribution in [0.15, 0.2) is 30.3 Å². The number of nitrogens with zero attached hydrogens (tertiary/aromatic N) is 2. The Bertz CT molecular complexity index is 602. The van der Waals surface area contributed by atoms with Crippen LogP contribution in [0.3, 0.4) is 0 Å². The van der Waals surface area contributed by atoms with Crippen LogP contribution in [0.25, 0.3) is 5.53 Å². The smallest absolute Gasteiger partial charge is 0.395 e. The molecule has 7 heteroatoms. The number of hydrogen-bond donors (Lipinski definition) is 1. The molecule has 23 heavy (non-hydrogen) atoms. The molecule has 0 aromatic heterocycles. The third-order valence-electron chi connectivity index (χ3n) is 2.76. The van der Waals surface area contributed by atoms with Gasteiger partial charge in [0.15, 0.2) is 5.92 Å². The molecule has 1 rings (SSSR count). The third-order valence-corrected chi connectivity index (χ3v) is 2.76. The van der Waals surface area contributed by atoms with Crippen molar-refractivity contribution >= 4 is 17.6 Å². The van der Waals surface area contributed by atoms with Crippen LogP contribution < -0.4 is 5.73 Å². The van der Waals surface area contributed by atoms with Crippen LogP contribution in [0.5, 0.6) is 0 Å². The highest BCUT2D eigenvalue weighted by Gasteiger charge is 2.36. The lowest BCUT2D eigenvalue weighted by Crippen LogP contribution is -2.41. The molecule has 0 aliphatic carbocycles. The van der Waals surface area contributed by atoms with Gasteiger partial charge >= 0.3 is 11.8 Å². The molecule has 7 nitrogen and oxygen atoms in total. The third kappa shape index (κ3) is 6.42. The fraction of sp³-hybridized carbons (Fsp3) is 0.438. The molecule has 1 aromatic carbocycles. The minimum absolute atomic E-state index is 0.223. The molecule has 124 valence electrons. The Morgan fingerprint density at radius 2 is 1.87 bits per heavy atom. The van der Waals surface area contributed by atoms with E-state index in [1.54, 1.807) is 20.8 Å². The molecule has 0 amide bonds. The van der Waals surface area contributed by atoms with Gasteiger partial charge in [0.25, 0.3) is 5.78 Å². The normalized spacial score (nSPS) is 12.1. The molecule has 0 heterocycles. The molecule has 1 aromatic rings. The molecule has 2 N–H and O–H groups in total. The number of rotatable bonds is 7. The number of Topliss-reactive ketones (excluding diaryl/α,β-unsaturated/α-hetero) is 1. The van der Waals surface area contributed by atoms with Crippen LogP contribution in [0.1, 0.15) is 26.3 Å². The van der Waals surface area contributed by atoms with Gasteiger partial charge in [-0.05, 0) is 26.3 Å². The first kappa shape index (κ1) is 18.5. The van der Waals surface area contributed by atoms with Gasteiger partial charge in [0.1, 0.15) is 5.60 Å². The van der Waals surface area contributed by atoms with Crippen molar-refractivity contribution < 1.29 is 23.9 Å². The molecule has 0 radical (unpaired) electrons. The maximum Gasteiger partial charge on any atom is 0.395 e. The van der Waals surface area contributed by atoms with Gasteiger partial charge in [-0.25, -0.2) is 0 Å². The Morgan fingerprint density at radius 1 is 1.26 bits per heavy atom. The first-order valence-electron chi connectivity index (χ1n) is 7.11. The molecule has 0 saturated heterocycles. The zero-order valence-corrected chi connectivity index (χ0v) is 13.5. The molecule has 0 spiro atoms. The second kappa shape index (κ2) is 8.22. The van der Waals surface area contributed by atoms with Crippen molar-refractivity contribution in [2.75, 3.05) is 6.61 Å². The largest absolute Gasteiger partial charge is 0.497 e. The Labute approximate surface area is 135 Å². The molecule has 0 bridgehead atoms. The van der Waals surface area contributed by atoms with Gasteiger partial charge in [-0.1, -0.05) is 30.3 Å². The number of carbonyl (C=O) groups excluding carboxylic acids is 2. The second-order valence-corrected chi connectivity index (χ2v) is 5.94. The lowest BCUT2D eigenvalue weighted by molar-refractivity contribution is -0.164. The number of ketones is 1. The standard InChI is InChI=1S/C16H21N3O4/c1-16(2,3)23-15(21)12(13(20)14(17)19-18)10-22-9-11-7-5-4-6-8-11/h4-8,12H,9-10,17H2,1-3H3/t12-/m0/s1. The Morgan fingerprint density at radius 3 is 2.39 bits per heavy atom. The zero-order valence-electron chi connectivity index (χ0n) is 13.5. The summed E-state index contributed by atoms with van der Waals surface area (Å²) in [4.78, 5) is 26.8. The van der Waals surface area contributed by atoms with Crippen LogP contribution >= 0.6 is 0 Å². The molecular formula is C16H21N3O4. The summed E-state index contributed by atoms with van der Waals surface area (Å²) in [5, 5.41) is 0. The summed E-state index contributed by atoms with van der Waals surface area (Å²) < 4.78 is 10.6. The predicted octanol–water partition coefficient (Wildman–Crippen LogP) is 1.32. The van der Waals surface area contributed by atoms with E-state index in [1.807, 2.05) is 30.3 Å². The topological polar surface area (TPSA) is 115 Å².